The van der Waals surface area contributed by atoms with Crippen LogP contribution in [0.5, 0.6) is 0 Å². The average molecular weight is 407 g/mol. The number of amides is 1. The van der Waals surface area contributed by atoms with E-state index in [0.717, 1.165) is 57.5 Å². The van der Waals surface area contributed by atoms with E-state index in [2.05, 4.69) is 16.0 Å². The molecule has 0 unspecified atom stereocenters. The number of piperidine rings is 1. The Morgan fingerprint density at radius 3 is 2.46 bits per heavy atom. The first-order valence-electron chi connectivity index (χ1n) is 10.2. The summed E-state index contributed by atoms with van der Waals surface area (Å²) in [7, 11) is -3.18. The van der Waals surface area contributed by atoms with Gasteiger partial charge in [0.25, 0.3) is 0 Å². The Morgan fingerprint density at radius 2 is 1.89 bits per heavy atom. The number of sulfonamides is 1. The monoisotopic (exact) mass is 406 g/mol. The summed E-state index contributed by atoms with van der Waals surface area (Å²) in [5, 5.41) is 0. The largest absolute Gasteiger partial charge is 0.342 e. The predicted molar refractivity (Wildman–Crippen MR) is 107 cm³/mol. The Morgan fingerprint density at radius 1 is 1.14 bits per heavy atom. The summed E-state index contributed by atoms with van der Waals surface area (Å²) in [5.74, 6) is 0.275. The number of rotatable bonds is 4. The first-order valence-corrected chi connectivity index (χ1v) is 12.0. The van der Waals surface area contributed by atoms with Crippen molar-refractivity contribution in [3.05, 3.63) is 30.1 Å². The van der Waals surface area contributed by atoms with Crippen LogP contribution in [0.1, 0.15) is 31.7 Å². The van der Waals surface area contributed by atoms with E-state index < -0.39 is 10.0 Å². The van der Waals surface area contributed by atoms with Crippen LogP contribution in [0.25, 0.3) is 0 Å². The number of fused-ring (bicyclic) bond motifs is 1. The van der Waals surface area contributed by atoms with Gasteiger partial charge in [-0.2, -0.15) is 0 Å². The molecular formula is C20H30N4O3S. The molecule has 1 aromatic heterocycles. The Bertz CT molecular complexity index is 836. The molecule has 154 valence electrons. The molecule has 0 aromatic carbocycles. The maximum atomic E-state index is 13.5. The van der Waals surface area contributed by atoms with Gasteiger partial charge in [-0.25, -0.2) is 12.7 Å². The van der Waals surface area contributed by atoms with Crippen LogP contribution in [-0.2, 0) is 21.4 Å². The number of nitrogens with zero attached hydrogens (tertiary/aromatic N) is 4. The van der Waals surface area contributed by atoms with E-state index in [1.54, 1.807) is 10.5 Å². The number of hydrogen-bond donors (Lipinski definition) is 0. The average Bonchev–Trinajstić information content (AvgIpc) is 3.14. The van der Waals surface area contributed by atoms with Gasteiger partial charge in [0, 0.05) is 63.6 Å². The molecule has 7 nitrogen and oxygen atoms in total. The van der Waals surface area contributed by atoms with Crippen LogP contribution in [0, 0.1) is 10.8 Å². The molecule has 4 rings (SSSR count). The van der Waals surface area contributed by atoms with Crippen molar-refractivity contribution in [2.24, 2.45) is 10.8 Å². The summed E-state index contributed by atoms with van der Waals surface area (Å²) in [6, 6.07) is 4.02. The van der Waals surface area contributed by atoms with Crippen molar-refractivity contribution in [2.75, 3.05) is 45.5 Å². The second-order valence-electron chi connectivity index (χ2n) is 8.67. The lowest BCUT2D eigenvalue weighted by molar-refractivity contribution is -0.141. The summed E-state index contributed by atoms with van der Waals surface area (Å²) < 4.78 is 25.6. The smallest absolute Gasteiger partial charge is 0.230 e. The van der Waals surface area contributed by atoms with Crippen LogP contribution in [0.3, 0.4) is 0 Å². The van der Waals surface area contributed by atoms with Crippen molar-refractivity contribution in [3.63, 3.8) is 0 Å². The molecule has 3 fully saturated rings. The first-order chi connectivity index (χ1) is 13.3. The third kappa shape index (κ3) is 3.15. The molecular weight excluding hydrogens is 376 g/mol. The maximum Gasteiger partial charge on any atom is 0.230 e. The van der Waals surface area contributed by atoms with E-state index in [0.29, 0.717) is 13.1 Å². The number of aromatic nitrogens is 1. The van der Waals surface area contributed by atoms with Gasteiger partial charge in [0.2, 0.25) is 15.9 Å². The van der Waals surface area contributed by atoms with Crippen LogP contribution in [0.15, 0.2) is 24.5 Å². The Labute approximate surface area is 167 Å². The van der Waals surface area contributed by atoms with Crippen molar-refractivity contribution >= 4 is 15.9 Å². The second-order valence-corrected chi connectivity index (χ2v) is 10.6. The topological polar surface area (TPSA) is 73.8 Å². The van der Waals surface area contributed by atoms with Gasteiger partial charge in [-0.05, 0) is 37.8 Å². The normalized spacial score (nSPS) is 28.6. The summed E-state index contributed by atoms with van der Waals surface area (Å²) in [6.45, 7) is 7.02. The summed E-state index contributed by atoms with van der Waals surface area (Å²) in [4.78, 5) is 22.1. The number of carbonyl (C=O) groups excluding carboxylic acids is 1. The second kappa shape index (κ2) is 7.07. The highest BCUT2D eigenvalue weighted by Gasteiger charge is 2.65. The molecule has 3 saturated heterocycles. The number of hydrogen-bond acceptors (Lipinski definition) is 5. The minimum absolute atomic E-state index is 0.141. The molecule has 1 amide bonds. The molecule has 3 aliphatic heterocycles. The van der Waals surface area contributed by atoms with E-state index in [9.17, 15) is 13.2 Å². The molecule has 1 aromatic rings. The minimum Gasteiger partial charge on any atom is -0.342 e. The van der Waals surface area contributed by atoms with Crippen LogP contribution in [0.2, 0.25) is 0 Å². The van der Waals surface area contributed by atoms with Gasteiger partial charge >= 0.3 is 0 Å². The van der Waals surface area contributed by atoms with E-state index in [1.165, 1.54) is 6.26 Å². The van der Waals surface area contributed by atoms with Gasteiger partial charge in [-0.1, -0.05) is 6.07 Å². The van der Waals surface area contributed by atoms with Crippen molar-refractivity contribution < 1.29 is 13.2 Å². The molecule has 0 radical (unpaired) electrons. The number of likely N-dealkylation sites (tertiary alicyclic amines) is 2. The molecule has 2 spiro atoms. The van der Waals surface area contributed by atoms with E-state index in [-0.39, 0.29) is 16.7 Å². The molecule has 0 aliphatic carbocycles. The van der Waals surface area contributed by atoms with Gasteiger partial charge < -0.3 is 4.90 Å². The molecule has 28 heavy (non-hydrogen) atoms. The summed E-state index contributed by atoms with van der Waals surface area (Å²) in [5.41, 5.74) is 0.632. The summed E-state index contributed by atoms with van der Waals surface area (Å²) in [6.07, 6.45) is 7.33. The molecule has 0 bridgehead atoms. The van der Waals surface area contributed by atoms with Gasteiger partial charge in [0.1, 0.15) is 0 Å². The fraction of sp³-hybridized carbons (Fsp3) is 0.700. The van der Waals surface area contributed by atoms with Gasteiger partial charge in [0.05, 0.1) is 11.7 Å². The Kier molecular flexibility index (Phi) is 5.00. The lowest BCUT2D eigenvalue weighted by Crippen LogP contribution is -2.53. The van der Waals surface area contributed by atoms with Gasteiger partial charge in [-0.3, -0.25) is 14.7 Å². The highest BCUT2D eigenvalue weighted by molar-refractivity contribution is 7.88. The first kappa shape index (κ1) is 19.8. The fourth-order valence-corrected chi connectivity index (χ4v) is 6.55. The van der Waals surface area contributed by atoms with Gasteiger partial charge in [0.15, 0.2) is 0 Å². The molecule has 8 heteroatoms. The molecule has 4 heterocycles. The van der Waals surface area contributed by atoms with Crippen LogP contribution < -0.4 is 0 Å². The van der Waals surface area contributed by atoms with Crippen molar-refractivity contribution in [1.29, 1.82) is 0 Å². The summed E-state index contributed by atoms with van der Waals surface area (Å²) >= 11 is 0. The molecule has 1 atom stereocenters. The molecule has 0 saturated carbocycles. The molecule has 0 N–H and O–H groups in total. The zero-order chi connectivity index (χ0) is 20.0. The quantitative estimate of drug-likeness (QED) is 0.751. The van der Waals surface area contributed by atoms with E-state index in [1.807, 2.05) is 24.1 Å². The van der Waals surface area contributed by atoms with E-state index in [4.69, 9.17) is 0 Å². The maximum absolute atomic E-state index is 13.5. The number of carbonyl (C=O) groups is 1. The van der Waals surface area contributed by atoms with Crippen LogP contribution in [-0.4, -0.2) is 78.9 Å². The molecule has 3 aliphatic rings. The van der Waals surface area contributed by atoms with Crippen molar-refractivity contribution in [1.82, 2.24) is 19.1 Å². The zero-order valence-electron chi connectivity index (χ0n) is 16.8. The van der Waals surface area contributed by atoms with Gasteiger partial charge in [-0.15, -0.1) is 0 Å². The highest BCUT2D eigenvalue weighted by atomic mass is 32.2. The van der Waals surface area contributed by atoms with Crippen molar-refractivity contribution in [2.45, 2.75) is 32.7 Å². The SMILES string of the molecule is CCN1CC[C@]2(CN(Cc3cccnc3)CC23CCN(S(C)(=O)=O)CC3)C1=O. The minimum atomic E-state index is -3.18. The highest BCUT2D eigenvalue weighted by Crippen LogP contribution is 2.58. The Balaban J connectivity index is 1.62. The van der Waals surface area contributed by atoms with Crippen molar-refractivity contribution in [3.8, 4) is 0 Å². The zero-order valence-corrected chi connectivity index (χ0v) is 17.6. The lowest BCUT2D eigenvalue weighted by atomic mass is 9.60. The number of pyridine rings is 1. The standard InChI is InChI=1S/C20H30N4O3S/c1-3-23-10-8-20(18(23)25)16-22(14-17-5-4-9-21-13-17)15-19(20)6-11-24(12-7-19)28(2,26)27/h4-5,9,13H,3,6-8,10-12,14-16H2,1-2H3/t20-/m0/s1. The fourth-order valence-electron chi connectivity index (χ4n) is 5.71. The predicted octanol–water partition coefficient (Wildman–Crippen LogP) is 1.18. The Hall–Kier alpha value is -1.51. The van der Waals surface area contributed by atoms with Crippen LogP contribution >= 0.6 is 0 Å². The van der Waals surface area contributed by atoms with E-state index >= 15 is 0 Å². The third-order valence-corrected chi connectivity index (χ3v) is 8.50. The van der Waals surface area contributed by atoms with Crippen LogP contribution in [0.4, 0.5) is 0 Å². The third-order valence-electron chi connectivity index (χ3n) is 7.20. The lowest BCUT2D eigenvalue weighted by Gasteiger charge is -2.46.